The molecule has 3 aromatic rings. The second kappa shape index (κ2) is 7.22. The van der Waals surface area contributed by atoms with Gasteiger partial charge in [-0.3, -0.25) is 14.9 Å². The van der Waals surface area contributed by atoms with Crippen LogP contribution in [-0.2, 0) is 21.3 Å². The number of aromatic nitrogens is 2. The second-order valence-electron chi connectivity index (χ2n) is 6.91. The number of nitrogens with one attached hydrogen (secondary N) is 1. The highest BCUT2D eigenvalue weighted by Gasteiger charge is 2.33. The van der Waals surface area contributed by atoms with Crippen molar-refractivity contribution in [1.29, 1.82) is 0 Å². The molecule has 2 heterocycles. The Labute approximate surface area is 176 Å². The molecular formula is C19H15ClN4O5S. The summed E-state index contributed by atoms with van der Waals surface area (Å²) in [6, 6.07) is 10.8. The van der Waals surface area contributed by atoms with Gasteiger partial charge in [-0.1, -0.05) is 17.7 Å². The van der Waals surface area contributed by atoms with Crippen molar-refractivity contribution in [3.05, 3.63) is 80.0 Å². The molecule has 0 bridgehead atoms. The molecule has 4 rings (SSSR count). The van der Waals surface area contributed by atoms with E-state index in [1.54, 1.807) is 31.2 Å². The molecule has 154 valence electrons. The Morgan fingerprint density at radius 3 is 2.57 bits per heavy atom. The number of anilines is 1. The highest BCUT2D eigenvalue weighted by molar-refractivity contribution is 7.90. The molecule has 1 N–H and O–H groups in total. The molecule has 0 unspecified atom stereocenters. The van der Waals surface area contributed by atoms with Crippen LogP contribution in [0.5, 0.6) is 0 Å². The average Bonchev–Trinajstić information content (AvgIpc) is 3.15. The smallest absolute Gasteiger partial charge is 0.273 e. The van der Waals surface area contributed by atoms with Gasteiger partial charge in [0.15, 0.2) is 9.84 Å². The van der Waals surface area contributed by atoms with Crippen molar-refractivity contribution in [2.45, 2.75) is 18.4 Å². The molecule has 0 radical (unpaired) electrons. The van der Waals surface area contributed by atoms with Crippen LogP contribution >= 0.6 is 11.6 Å². The van der Waals surface area contributed by atoms with E-state index in [1.165, 1.54) is 22.9 Å². The van der Waals surface area contributed by atoms with Gasteiger partial charge < -0.3 is 5.32 Å². The third-order valence-corrected chi connectivity index (χ3v) is 6.45. The van der Waals surface area contributed by atoms with Crippen molar-refractivity contribution in [2.24, 2.45) is 0 Å². The van der Waals surface area contributed by atoms with Crippen molar-refractivity contribution in [3.8, 4) is 5.69 Å². The van der Waals surface area contributed by atoms with Crippen molar-refractivity contribution < 1.29 is 18.1 Å². The number of fused-ring (bicyclic) bond motifs is 1. The number of hydrogen-bond donors (Lipinski definition) is 1. The molecule has 1 amide bonds. The largest absolute Gasteiger partial charge is 0.306 e. The first-order chi connectivity index (χ1) is 14.1. The van der Waals surface area contributed by atoms with E-state index in [1.807, 2.05) is 0 Å². The first kappa shape index (κ1) is 20.0. The van der Waals surface area contributed by atoms with E-state index < -0.39 is 20.7 Å². The second-order valence-corrected chi connectivity index (χ2v) is 9.41. The molecule has 2 aromatic carbocycles. The molecular weight excluding hydrogens is 432 g/mol. The van der Waals surface area contributed by atoms with Crippen LogP contribution in [0.25, 0.3) is 5.69 Å². The Morgan fingerprint density at radius 2 is 1.90 bits per heavy atom. The number of rotatable bonds is 4. The first-order valence-electron chi connectivity index (χ1n) is 8.78. The molecule has 1 aromatic heterocycles. The normalized spacial score (nSPS) is 14.3. The van der Waals surface area contributed by atoms with Gasteiger partial charge in [0.25, 0.3) is 11.6 Å². The Hall–Kier alpha value is -3.24. The Kier molecular flexibility index (Phi) is 4.83. The van der Waals surface area contributed by atoms with E-state index in [2.05, 4.69) is 10.4 Å². The summed E-state index contributed by atoms with van der Waals surface area (Å²) < 4.78 is 25.5. The zero-order valence-electron chi connectivity index (χ0n) is 15.6. The lowest BCUT2D eigenvalue weighted by molar-refractivity contribution is -0.385. The lowest BCUT2D eigenvalue weighted by Crippen LogP contribution is -2.17. The number of carbonyl (C=O) groups excluding carboxylic acids is 1. The van der Waals surface area contributed by atoms with Gasteiger partial charge in [0.05, 0.1) is 27.8 Å². The van der Waals surface area contributed by atoms with Crippen LogP contribution in [0, 0.1) is 17.0 Å². The van der Waals surface area contributed by atoms with Crippen LogP contribution in [0.15, 0.2) is 42.5 Å². The molecule has 0 saturated heterocycles. The topological polar surface area (TPSA) is 124 Å². The highest BCUT2D eigenvalue weighted by atomic mass is 35.5. The van der Waals surface area contributed by atoms with Gasteiger partial charge in [0, 0.05) is 27.8 Å². The van der Waals surface area contributed by atoms with Gasteiger partial charge in [0.2, 0.25) is 0 Å². The van der Waals surface area contributed by atoms with Gasteiger partial charge in [-0.15, -0.1) is 0 Å². The summed E-state index contributed by atoms with van der Waals surface area (Å²) >= 11 is 5.93. The zero-order chi connectivity index (χ0) is 21.6. The number of halogens is 1. The van der Waals surface area contributed by atoms with Crippen LogP contribution in [0.1, 0.15) is 27.2 Å². The molecule has 11 heteroatoms. The fraction of sp³-hybridized carbons (Fsp3) is 0.158. The van der Waals surface area contributed by atoms with Gasteiger partial charge in [0.1, 0.15) is 5.82 Å². The molecule has 30 heavy (non-hydrogen) atoms. The number of sulfone groups is 1. The molecule has 1 aliphatic heterocycles. The molecule has 0 aliphatic carbocycles. The van der Waals surface area contributed by atoms with E-state index in [0.29, 0.717) is 27.5 Å². The number of amides is 1. The summed E-state index contributed by atoms with van der Waals surface area (Å²) in [5.74, 6) is -0.872. The average molecular weight is 447 g/mol. The predicted octanol–water partition coefficient (Wildman–Crippen LogP) is 3.42. The number of nitro groups is 1. The number of benzene rings is 2. The maximum absolute atomic E-state index is 12.9. The summed E-state index contributed by atoms with van der Waals surface area (Å²) in [4.78, 5) is 23.5. The fourth-order valence-electron chi connectivity index (χ4n) is 3.27. The summed E-state index contributed by atoms with van der Waals surface area (Å²) in [7, 11) is -3.35. The SMILES string of the molecule is Cc1ccc(C(=O)Nc2c3c(nn2-c2ccc(Cl)cc2)CS(=O)(=O)C3)cc1[N+](=O)[O-]. The minimum atomic E-state index is -3.35. The van der Waals surface area contributed by atoms with Crippen molar-refractivity contribution in [1.82, 2.24) is 9.78 Å². The molecule has 0 saturated carbocycles. The lowest BCUT2D eigenvalue weighted by atomic mass is 10.1. The standard InChI is InChI=1S/C19H15ClN4O5S/c1-11-2-3-12(8-17(11)24(26)27)19(25)21-18-15-9-30(28,29)10-16(15)22-23(18)14-6-4-13(20)5-7-14/h2-8H,9-10H2,1H3,(H,21,25). The molecule has 0 fully saturated rings. The third-order valence-electron chi connectivity index (χ3n) is 4.76. The van der Waals surface area contributed by atoms with Crippen molar-refractivity contribution in [3.63, 3.8) is 0 Å². The van der Waals surface area contributed by atoms with Crippen LogP contribution in [-0.4, -0.2) is 29.0 Å². The zero-order valence-corrected chi connectivity index (χ0v) is 17.2. The van der Waals surface area contributed by atoms with Gasteiger partial charge in [-0.05, 0) is 37.3 Å². The van der Waals surface area contributed by atoms with E-state index in [0.717, 1.165) is 0 Å². The van der Waals surface area contributed by atoms with Gasteiger partial charge >= 0.3 is 0 Å². The minimum Gasteiger partial charge on any atom is -0.306 e. The Morgan fingerprint density at radius 1 is 1.20 bits per heavy atom. The Bertz CT molecular complexity index is 1300. The van der Waals surface area contributed by atoms with Crippen molar-refractivity contribution >= 4 is 38.9 Å². The first-order valence-corrected chi connectivity index (χ1v) is 11.0. The van der Waals surface area contributed by atoms with Gasteiger partial charge in [-0.2, -0.15) is 5.10 Å². The number of aryl methyl sites for hydroxylation is 1. The summed E-state index contributed by atoms with van der Waals surface area (Å²) in [5.41, 5.74) is 1.66. The number of carbonyl (C=O) groups is 1. The lowest BCUT2D eigenvalue weighted by Gasteiger charge is -2.11. The Balaban J connectivity index is 1.77. The fourth-order valence-corrected chi connectivity index (χ4v) is 4.89. The molecule has 1 aliphatic rings. The number of hydrogen-bond acceptors (Lipinski definition) is 6. The maximum Gasteiger partial charge on any atom is 0.273 e. The van der Waals surface area contributed by atoms with E-state index in [9.17, 15) is 23.3 Å². The number of nitro benzene ring substituents is 1. The summed E-state index contributed by atoms with van der Waals surface area (Å²) in [6.07, 6.45) is 0. The number of nitrogens with zero attached hydrogens (tertiary/aromatic N) is 3. The van der Waals surface area contributed by atoms with Gasteiger partial charge in [-0.25, -0.2) is 13.1 Å². The van der Waals surface area contributed by atoms with Crippen LogP contribution < -0.4 is 5.32 Å². The molecule has 0 spiro atoms. The van der Waals surface area contributed by atoms with E-state index in [-0.39, 0.29) is 28.6 Å². The quantitative estimate of drug-likeness (QED) is 0.483. The minimum absolute atomic E-state index is 0.0748. The summed E-state index contributed by atoms with van der Waals surface area (Å²) in [5, 5.41) is 18.7. The van der Waals surface area contributed by atoms with Crippen molar-refractivity contribution in [2.75, 3.05) is 5.32 Å². The van der Waals surface area contributed by atoms with Crippen LogP contribution in [0.4, 0.5) is 11.5 Å². The highest BCUT2D eigenvalue weighted by Crippen LogP contribution is 2.33. The molecule has 9 nitrogen and oxygen atoms in total. The summed E-state index contributed by atoms with van der Waals surface area (Å²) in [6.45, 7) is 1.58. The molecule has 0 atom stereocenters. The third kappa shape index (κ3) is 3.66. The van der Waals surface area contributed by atoms with Crippen LogP contribution in [0.2, 0.25) is 5.02 Å². The maximum atomic E-state index is 12.9. The predicted molar refractivity (Wildman–Crippen MR) is 111 cm³/mol. The van der Waals surface area contributed by atoms with Crippen LogP contribution in [0.3, 0.4) is 0 Å². The van der Waals surface area contributed by atoms with E-state index >= 15 is 0 Å². The monoisotopic (exact) mass is 446 g/mol. The van der Waals surface area contributed by atoms with E-state index in [4.69, 9.17) is 11.6 Å².